The molecule has 0 aromatic heterocycles. The third-order valence-corrected chi connectivity index (χ3v) is 7.97. The zero-order valence-corrected chi connectivity index (χ0v) is 16.4. The molecule has 1 aromatic carbocycles. The molecule has 3 rings (SSSR count). The van der Waals surface area contributed by atoms with Gasteiger partial charge in [0.05, 0.1) is 17.4 Å². The Kier molecular flexibility index (Phi) is 4.73. The van der Waals surface area contributed by atoms with Gasteiger partial charge >= 0.3 is 0 Å². The molecule has 0 bridgehead atoms. The predicted molar refractivity (Wildman–Crippen MR) is 95.5 cm³/mol. The van der Waals surface area contributed by atoms with Gasteiger partial charge in [-0.15, -0.1) is 23.2 Å². The van der Waals surface area contributed by atoms with E-state index in [1.165, 1.54) is 23.5 Å². The Labute approximate surface area is 157 Å². The molecule has 0 N–H and O–H groups in total. The molecule has 1 aliphatic heterocycles. The molecule has 2 aliphatic rings. The number of amides is 1. The van der Waals surface area contributed by atoms with Crippen molar-refractivity contribution in [2.45, 2.75) is 22.6 Å². The number of rotatable bonds is 4. The zero-order valence-electron chi connectivity index (χ0n) is 14.0. The summed E-state index contributed by atoms with van der Waals surface area (Å²) in [6, 6.07) is 6.26. The third kappa shape index (κ3) is 3.23. The highest BCUT2D eigenvalue weighted by molar-refractivity contribution is 7.89. The highest BCUT2D eigenvalue weighted by Crippen LogP contribution is 2.64. The zero-order chi connectivity index (χ0) is 18.5. The van der Waals surface area contributed by atoms with Crippen LogP contribution in [-0.4, -0.2) is 61.2 Å². The first-order chi connectivity index (χ1) is 11.6. The van der Waals surface area contributed by atoms with Gasteiger partial charge in [-0.25, -0.2) is 8.42 Å². The number of ether oxygens (including phenoxy) is 1. The van der Waals surface area contributed by atoms with E-state index in [0.29, 0.717) is 25.3 Å². The molecule has 138 valence electrons. The number of benzene rings is 1. The van der Waals surface area contributed by atoms with E-state index in [1.807, 2.05) is 0 Å². The van der Waals surface area contributed by atoms with E-state index in [1.54, 1.807) is 24.0 Å². The Balaban J connectivity index is 1.66. The number of nitrogens with zero attached hydrogens (tertiary/aromatic N) is 2. The lowest BCUT2D eigenvalue weighted by Crippen LogP contribution is -2.52. The van der Waals surface area contributed by atoms with Crippen LogP contribution >= 0.6 is 23.2 Å². The monoisotopic (exact) mass is 406 g/mol. The van der Waals surface area contributed by atoms with Crippen LogP contribution in [0.4, 0.5) is 0 Å². The molecule has 25 heavy (non-hydrogen) atoms. The largest absolute Gasteiger partial charge is 0.497 e. The molecule has 0 spiro atoms. The summed E-state index contributed by atoms with van der Waals surface area (Å²) in [6.07, 6.45) is 0.423. The quantitative estimate of drug-likeness (QED) is 0.718. The fraction of sp³-hybridized carbons (Fsp3) is 0.562. The molecule has 1 saturated heterocycles. The fourth-order valence-corrected chi connectivity index (χ4v) is 5.13. The number of carbonyl (C=O) groups is 1. The molecule has 1 aromatic rings. The minimum atomic E-state index is -3.59. The summed E-state index contributed by atoms with van der Waals surface area (Å²) in [4.78, 5) is 14.4. The smallest absolute Gasteiger partial charge is 0.243 e. The van der Waals surface area contributed by atoms with E-state index in [4.69, 9.17) is 27.9 Å². The average Bonchev–Trinajstić information content (AvgIpc) is 3.13. The lowest BCUT2D eigenvalue weighted by molar-refractivity contribution is -0.137. The van der Waals surface area contributed by atoms with E-state index in [2.05, 4.69) is 0 Å². The van der Waals surface area contributed by atoms with Crippen molar-refractivity contribution in [1.29, 1.82) is 0 Å². The third-order valence-electron chi connectivity index (χ3n) is 4.95. The summed E-state index contributed by atoms with van der Waals surface area (Å²) in [5.74, 6) is 0.483. The highest BCUT2D eigenvalue weighted by Gasteiger charge is 2.68. The fourth-order valence-electron chi connectivity index (χ4n) is 3.01. The molecule has 9 heteroatoms. The van der Waals surface area contributed by atoms with Crippen molar-refractivity contribution in [3.8, 4) is 5.75 Å². The normalized spacial score (nSPS) is 26.3. The molecule has 2 fully saturated rings. The number of alkyl halides is 2. The highest BCUT2D eigenvalue weighted by atomic mass is 35.5. The van der Waals surface area contributed by atoms with Crippen LogP contribution < -0.4 is 4.74 Å². The topological polar surface area (TPSA) is 66.9 Å². The van der Waals surface area contributed by atoms with Gasteiger partial charge in [0.15, 0.2) is 0 Å². The Bertz CT molecular complexity index is 774. The van der Waals surface area contributed by atoms with Gasteiger partial charge in [0.2, 0.25) is 15.9 Å². The Morgan fingerprint density at radius 3 is 2.08 bits per heavy atom. The van der Waals surface area contributed by atoms with Crippen molar-refractivity contribution >= 4 is 39.1 Å². The molecule has 0 unspecified atom stereocenters. The summed E-state index contributed by atoms with van der Waals surface area (Å²) in [7, 11) is -2.07. The number of piperazine rings is 1. The van der Waals surface area contributed by atoms with Crippen LogP contribution in [0, 0.1) is 5.41 Å². The van der Waals surface area contributed by atoms with Crippen LogP contribution in [0.1, 0.15) is 13.3 Å². The molecule has 6 nitrogen and oxygen atoms in total. The molecule has 1 heterocycles. The van der Waals surface area contributed by atoms with Gasteiger partial charge in [0, 0.05) is 26.2 Å². The van der Waals surface area contributed by atoms with Gasteiger partial charge in [-0.1, -0.05) is 0 Å². The van der Waals surface area contributed by atoms with Gasteiger partial charge in [0.1, 0.15) is 10.1 Å². The van der Waals surface area contributed by atoms with E-state index >= 15 is 0 Å². The number of methoxy groups -OCH3 is 1. The second-order valence-corrected chi connectivity index (χ2v) is 10.0. The summed E-state index contributed by atoms with van der Waals surface area (Å²) < 4.78 is 30.9. The van der Waals surface area contributed by atoms with E-state index in [0.717, 1.165) is 0 Å². The Morgan fingerprint density at radius 2 is 1.64 bits per heavy atom. The molecular formula is C16H20Cl2N2O4S. The maximum atomic E-state index is 12.7. The van der Waals surface area contributed by atoms with Crippen molar-refractivity contribution in [1.82, 2.24) is 9.21 Å². The van der Waals surface area contributed by atoms with Gasteiger partial charge in [-0.2, -0.15) is 4.31 Å². The Hall–Kier alpha value is -1.02. The standard InChI is InChI=1S/C16H20Cl2N2O4S/c1-15(11-16(15,17)18)14(21)19-7-9-20(10-8-19)25(22,23)13-5-3-12(24-2)4-6-13/h3-6H,7-11H2,1-2H3/t15-/m0/s1. The number of hydrogen-bond donors (Lipinski definition) is 0. The van der Waals surface area contributed by atoms with Crippen LogP contribution in [0.3, 0.4) is 0 Å². The van der Waals surface area contributed by atoms with Crippen molar-refractivity contribution in [2.75, 3.05) is 33.3 Å². The maximum Gasteiger partial charge on any atom is 0.243 e. The Morgan fingerprint density at radius 1 is 1.12 bits per heavy atom. The number of hydrogen-bond acceptors (Lipinski definition) is 4. The first kappa shape index (κ1) is 18.8. The second kappa shape index (κ2) is 6.30. The lowest BCUT2D eigenvalue weighted by Gasteiger charge is -2.35. The molecule has 1 amide bonds. The number of sulfonamides is 1. The van der Waals surface area contributed by atoms with E-state index in [9.17, 15) is 13.2 Å². The van der Waals surface area contributed by atoms with Gasteiger partial charge in [0.25, 0.3) is 0 Å². The van der Waals surface area contributed by atoms with E-state index < -0.39 is 19.8 Å². The van der Waals surface area contributed by atoms with Crippen LogP contribution in [0.25, 0.3) is 0 Å². The summed E-state index contributed by atoms with van der Waals surface area (Å²) in [5.41, 5.74) is -0.771. The SMILES string of the molecule is COc1ccc(S(=O)(=O)N2CCN(C(=O)[C@]3(C)CC3(Cl)Cl)CC2)cc1. The summed E-state index contributed by atoms with van der Waals surface area (Å²) >= 11 is 12.1. The molecule has 1 saturated carbocycles. The number of halogens is 2. The molecule has 0 radical (unpaired) electrons. The summed E-state index contributed by atoms with van der Waals surface area (Å²) in [6.45, 7) is 2.89. The van der Waals surface area contributed by atoms with Crippen molar-refractivity contribution in [3.05, 3.63) is 24.3 Å². The van der Waals surface area contributed by atoms with Crippen LogP contribution in [0.5, 0.6) is 5.75 Å². The maximum absolute atomic E-state index is 12.7. The first-order valence-electron chi connectivity index (χ1n) is 7.93. The molecular weight excluding hydrogens is 387 g/mol. The minimum Gasteiger partial charge on any atom is -0.497 e. The van der Waals surface area contributed by atoms with Gasteiger partial charge in [-0.05, 0) is 37.6 Å². The number of carbonyl (C=O) groups excluding carboxylic acids is 1. The first-order valence-corrected chi connectivity index (χ1v) is 10.1. The van der Waals surface area contributed by atoms with Crippen LogP contribution in [0.2, 0.25) is 0 Å². The molecule has 1 aliphatic carbocycles. The lowest BCUT2D eigenvalue weighted by atomic mass is 10.1. The summed E-state index contributed by atoms with van der Waals surface area (Å²) in [5, 5.41) is 0. The second-order valence-electron chi connectivity index (χ2n) is 6.59. The van der Waals surface area contributed by atoms with Crippen molar-refractivity contribution < 1.29 is 17.9 Å². The van der Waals surface area contributed by atoms with E-state index in [-0.39, 0.29) is 23.9 Å². The van der Waals surface area contributed by atoms with Gasteiger partial charge in [-0.3, -0.25) is 4.79 Å². The van der Waals surface area contributed by atoms with Crippen molar-refractivity contribution in [2.24, 2.45) is 5.41 Å². The average molecular weight is 407 g/mol. The van der Waals surface area contributed by atoms with Crippen LogP contribution in [-0.2, 0) is 14.8 Å². The molecule has 1 atom stereocenters. The van der Waals surface area contributed by atoms with Gasteiger partial charge < -0.3 is 9.64 Å². The van der Waals surface area contributed by atoms with Crippen LogP contribution in [0.15, 0.2) is 29.2 Å². The minimum absolute atomic E-state index is 0.112. The predicted octanol–water partition coefficient (Wildman–Crippen LogP) is 2.11. The van der Waals surface area contributed by atoms with Crippen molar-refractivity contribution in [3.63, 3.8) is 0 Å².